The van der Waals surface area contributed by atoms with E-state index in [1.54, 1.807) is 15.1 Å². The minimum Gasteiger partial charge on any atom is -0.364 e. The fraction of sp³-hybridized carbons (Fsp3) is 0.462. The first-order valence-corrected chi connectivity index (χ1v) is 15.2. The third kappa shape index (κ3) is 5.17. The van der Waals surface area contributed by atoms with E-state index in [9.17, 15) is 27.0 Å². The number of carbonyl (C=O) groups is 1. The van der Waals surface area contributed by atoms with Gasteiger partial charge in [-0.15, -0.1) is 5.10 Å². The average molecular weight is 626 g/mol. The van der Waals surface area contributed by atoms with Gasteiger partial charge >= 0.3 is 6.18 Å². The number of aromatic nitrogens is 4. The van der Waals surface area contributed by atoms with Crippen LogP contribution < -0.4 is 16.2 Å². The van der Waals surface area contributed by atoms with Crippen molar-refractivity contribution in [3.63, 3.8) is 0 Å². The standard InChI is InChI=1S/C26H27ClF3N7O4S/c1-42(40)35-10-4-15(5-11-35)22-33-24-36(13-20(38)32-18-3-2-16(12-17(18)27)26(28,29)30)19-14-41-25(6-8-31-9-7-25)21(19)23(39)37(24)34-22/h2-4,12,31H,5-11,13-14H2,1H3,(H,32,38). The number of hydrogen-bond donors (Lipinski definition) is 2. The van der Waals surface area contributed by atoms with E-state index in [1.807, 2.05) is 6.08 Å². The summed E-state index contributed by atoms with van der Waals surface area (Å²) in [5.41, 5.74) is -0.389. The Labute approximate surface area is 245 Å². The van der Waals surface area contributed by atoms with Crippen LogP contribution in [0.3, 0.4) is 0 Å². The average Bonchev–Trinajstić information content (AvgIpc) is 3.55. The molecule has 11 nitrogen and oxygen atoms in total. The highest BCUT2D eigenvalue weighted by Gasteiger charge is 2.46. The van der Waals surface area contributed by atoms with Gasteiger partial charge in [-0.05, 0) is 56.1 Å². The van der Waals surface area contributed by atoms with Crippen LogP contribution in [0.4, 0.5) is 18.9 Å². The molecular weight excluding hydrogens is 599 g/mol. The van der Waals surface area contributed by atoms with Gasteiger partial charge in [0.25, 0.3) is 5.56 Å². The van der Waals surface area contributed by atoms with Crippen molar-refractivity contribution in [1.29, 1.82) is 0 Å². The highest BCUT2D eigenvalue weighted by atomic mass is 35.5. The number of nitrogens with zero attached hydrogens (tertiary/aromatic N) is 5. The quantitative estimate of drug-likeness (QED) is 0.447. The highest BCUT2D eigenvalue weighted by molar-refractivity contribution is 7.81. The summed E-state index contributed by atoms with van der Waals surface area (Å²) in [7, 11) is -1.12. The lowest BCUT2D eigenvalue weighted by Gasteiger charge is -2.33. The summed E-state index contributed by atoms with van der Waals surface area (Å²) in [5.74, 6) is -0.116. The number of anilines is 1. The van der Waals surface area contributed by atoms with Crippen LogP contribution in [0.15, 0.2) is 29.1 Å². The van der Waals surface area contributed by atoms with Gasteiger partial charge in [-0.2, -0.15) is 22.7 Å². The zero-order chi connectivity index (χ0) is 29.8. The molecule has 2 aromatic heterocycles. The number of benzene rings is 1. The van der Waals surface area contributed by atoms with E-state index >= 15 is 0 Å². The zero-order valence-electron chi connectivity index (χ0n) is 22.5. The van der Waals surface area contributed by atoms with Crippen LogP contribution >= 0.6 is 11.6 Å². The lowest BCUT2D eigenvalue weighted by atomic mass is 9.86. The third-order valence-corrected chi connectivity index (χ3v) is 9.27. The summed E-state index contributed by atoms with van der Waals surface area (Å²) in [4.78, 5) is 31.8. The first kappa shape index (κ1) is 29.0. The molecule has 0 bridgehead atoms. The van der Waals surface area contributed by atoms with Gasteiger partial charge in [0, 0.05) is 19.3 Å². The number of ether oxygens (including phenoxy) is 1. The van der Waals surface area contributed by atoms with Gasteiger partial charge in [0.05, 0.1) is 45.1 Å². The van der Waals surface area contributed by atoms with Crippen LogP contribution in [0.25, 0.3) is 11.4 Å². The van der Waals surface area contributed by atoms with Gasteiger partial charge in [0.2, 0.25) is 11.7 Å². The molecule has 42 heavy (non-hydrogen) atoms. The number of rotatable bonds is 5. The maximum Gasteiger partial charge on any atom is 0.416 e. The Morgan fingerprint density at radius 3 is 2.69 bits per heavy atom. The predicted octanol–water partition coefficient (Wildman–Crippen LogP) is 2.69. The number of nitrogens with one attached hydrogen (secondary N) is 2. The van der Waals surface area contributed by atoms with Crippen LogP contribution in [-0.4, -0.2) is 66.0 Å². The normalized spacial score (nSPS) is 19.6. The van der Waals surface area contributed by atoms with Gasteiger partial charge in [-0.3, -0.25) is 9.59 Å². The van der Waals surface area contributed by atoms with Crippen LogP contribution in [-0.2, 0) is 45.4 Å². The van der Waals surface area contributed by atoms with Gasteiger partial charge < -0.3 is 19.9 Å². The number of alkyl halides is 3. The largest absolute Gasteiger partial charge is 0.416 e. The number of hydrogen-bond acceptors (Lipinski definition) is 7. The molecule has 3 aliphatic heterocycles. The SMILES string of the molecule is CS(=O)N1CC=C(c2nc3n(CC(=O)Nc4ccc(C(F)(F)F)cc4Cl)c4c(c(=O)n3n2)C2(CCNCC2)OC4)CC1. The molecule has 1 atom stereocenters. The monoisotopic (exact) mass is 625 g/mol. The van der Waals surface area contributed by atoms with Crippen molar-refractivity contribution in [3.8, 4) is 0 Å². The van der Waals surface area contributed by atoms with E-state index in [2.05, 4.69) is 20.7 Å². The molecule has 1 amide bonds. The Morgan fingerprint density at radius 1 is 1.29 bits per heavy atom. The minimum absolute atomic E-state index is 0.0156. The Hall–Kier alpha value is -3.11. The first-order valence-electron chi connectivity index (χ1n) is 13.3. The molecule has 6 rings (SSSR count). The third-order valence-electron chi connectivity index (χ3n) is 7.90. The predicted molar refractivity (Wildman–Crippen MR) is 149 cm³/mol. The van der Waals surface area contributed by atoms with Crippen molar-refractivity contribution in [2.75, 3.05) is 37.8 Å². The van der Waals surface area contributed by atoms with Gasteiger partial charge in [0.15, 0.2) is 5.82 Å². The van der Waals surface area contributed by atoms with Crippen molar-refractivity contribution < 1.29 is 26.9 Å². The lowest BCUT2D eigenvalue weighted by molar-refractivity contribution is -0.137. The molecule has 16 heteroatoms. The van der Waals surface area contributed by atoms with Crippen molar-refractivity contribution in [1.82, 2.24) is 28.8 Å². The molecule has 5 heterocycles. The summed E-state index contributed by atoms with van der Waals surface area (Å²) in [6.07, 6.45) is 0.548. The Bertz CT molecular complexity index is 1700. The molecule has 2 N–H and O–H groups in total. The summed E-state index contributed by atoms with van der Waals surface area (Å²) < 4.78 is 61.9. The molecule has 1 unspecified atom stereocenters. The zero-order valence-corrected chi connectivity index (χ0v) is 24.0. The molecule has 3 aromatic rings. The van der Waals surface area contributed by atoms with Crippen LogP contribution in [0.1, 0.15) is 41.9 Å². The molecule has 1 spiro atoms. The number of halogens is 4. The van der Waals surface area contributed by atoms with Crippen molar-refractivity contribution in [2.24, 2.45) is 0 Å². The molecule has 0 aliphatic carbocycles. The fourth-order valence-electron chi connectivity index (χ4n) is 5.73. The van der Waals surface area contributed by atoms with E-state index in [0.717, 1.165) is 23.8 Å². The lowest BCUT2D eigenvalue weighted by Crippen LogP contribution is -2.43. The Kier molecular flexibility index (Phi) is 7.50. The fourth-order valence-corrected chi connectivity index (χ4v) is 6.59. The van der Waals surface area contributed by atoms with Gasteiger partial charge in [-0.25, -0.2) is 8.51 Å². The number of fused-ring (bicyclic) bond motifs is 3. The second-order valence-electron chi connectivity index (χ2n) is 10.4. The summed E-state index contributed by atoms with van der Waals surface area (Å²) in [6.45, 7) is 2.03. The number of piperidine rings is 1. The van der Waals surface area contributed by atoms with Crippen LogP contribution in [0.5, 0.6) is 0 Å². The topological polar surface area (TPSA) is 123 Å². The summed E-state index contributed by atoms with van der Waals surface area (Å²) in [6, 6.07) is 2.68. The maximum atomic E-state index is 13.9. The number of amides is 1. The van der Waals surface area contributed by atoms with Crippen LogP contribution in [0.2, 0.25) is 5.02 Å². The molecule has 0 radical (unpaired) electrons. The van der Waals surface area contributed by atoms with E-state index in [4.69, 9.17) is 16.3 Å². The van der Waals surface area contributed by atoms with Crippen molar-refractivity contribution in [2.45, 2.75) is 44.2 Å². The van der Waals surface area contributed by atoms with Gasteiger partial charge in [0.1, 0.15) is 12.1 Å². The summed E-state index contributed by atoms with van der Waals surface area (Å²) >= 11 is 6.06. The highest BCUT2D eigenvalue weighted by Crippen LogP contribution is 2.41. The second kappa shape index (κ2) is 10.9. The van der Waals surface area contributed by atoms with Crippen molar-refractivity contribution >= 4 is 45.5 Å². The first-order chi connectivity index (χ1) is 20.0. The molecule has 224 valence electrons. The molecular formula is C26H27ClF3N7O4S. The molecule has 1 saturated heterocycles. The molecule has 0 saturated carbocycles. The smallest absolute Gasteiger partial charge is 0.364 e. The Balaban J connectivity index is 1.40. The van der Waals surface area contributed by atoms with E-state index in [0.29, 0.717) is 62.5 Å². The van der Waals surface area contributed by atoms with E-state index < -0.39 is 34.2 Å². The van der Waals surface area contributed by atoms with Crippen molar-refractivity contribution in [3.05, 3.63) is 62.3 Å². The molecule has 1 aromatic carbocycles. The van der Waals surface area contributed by atoms with E-state index in [-0.39, 0.29) is 35.2 Å². The molecule has 1 fully saturated rings. The van der Waals surface area contributed by atoms with Crippen LogP contribution in [0, 0.1) is 0 Å². The number of carbonyl (C=O) groups excluding carboxylic acids is 1. The Morgan fingerprint density at radius 2 is 2.05 bits per heavy atom. The minimum atomic E-state index is -4.58. The van der Waals surface area contributed by atoms with Gasteiger partial charge in [-0.1, -0.05) is 17.7 Å². The van der Waals surface area contributed by atoms with E-state index in [1.165, 1.54) is 4.52 Å². The summed E-state index contributed by atoms with van der Waals surface area (Å²) in [5, 5.41) is 10.1. The molecule has 3 aliphatic rings. The second-order valence-corrected chi connectivity index (χ2v) is 12.2. The maximum absolute atomic E-state index is 13.9.